The Morgan fingerprint density at radius 2 is 1.75 bits per heavy atom. The summed E-state index contributed by atoms with van der Waals surface area (Å²) in [6, 6.07) is 10.7. The number of ketones is 1. The van der Waals surface area contributed by atoms with Crippen LogP contribution in [0.1, 0.15) is 65.2 Å². The molecule has 0 spiro atoms. The minimum atomic E-state index is -0.0745. The quantitative estimate of drug-likeness (QED) is 0.686. The van der Waals surface area contributed by atoms with E-state index in [2.05, 4.69) is 44.2 Å². The SMILES string of the molecule is C[C@]12CCC3[C@@H](CC[C@H]4C[C@@H](O)CC[C@]34C)[C@@H]1CC([Se]c1ccccc1)C2=O. The molecule has 0 heterocycles. The van der Waals surface area contributed by atoms with Gasteiger partial charge >= 0.3 is 176 Å². The average molecular weight is 446 g/mol. The third-order valence-electron chi connectivity index (χ3n) is 9.37. The number of aliphatic hydroxyl groups is 1. The first kappa shape index (κ1) is 19.3. The molecule has 0 bridgehead atoms. The second-order valence-electron chi connectivity index (χ2n) is 10.6. The van der Waals surface area contributed by atoms with E-state index < -0.39 is 0 Å². The van der Waals surface area contributed by atoms with Crippen LogP contribution in [-0.2, 0) is 4.79 Å². The van der Waals surface area contributed by atoms with Crippen LogP contribution in [0.25, 0.3) is 0 Å². The standard InChI is InChI=1S/C25H34O2Se/c1-24-12-10-17(26)14-16(24)8-9-19-20(24)11-13-25(2)21(19)15-22(23(25)27)28-18-6-4-3-5-7-18/h3-7,16-17,19-22,26H,8-15H2,1-2H3/t16-,17-,19+,20?,21-,22?,24-,25-/m0/s1. The second-order valence-corrected chi connectivity index (χ2v) is 13.2. The van der Waals surface area contributed by atoms with Gasteiger partial charge in [0.05, 0.1) is 0 Å². The molecule has 1 aromatic carbocycles. The first-order chi connectivity index (χ1) is 13.4. The maximum atomic E-state index is 13.5. The summed E-state index contributed by atoms with van der Waals surface area (Å²) in [6.45, 7) is 4.85. The molecule has 1 N–H and O–H groups in total. The van der Waals surface area contributed by atoms with Crippen molar-refractivity contribution in [3.63, 3.8) is 0 Å². The van der Waals surface area contributed by atoms with E-state index in [9.17, 15) is 9.90 Å². The van der Waals surface area contributed by atoms with Crippen LogP contribution < -0.4 is 4.46 Å². The molecule has 0 saturated heterocycles. The van der Waals surface area contributed by atoms with Gasteiger partial charge in [0, 0.05) is 0 Å². The van der Waals surface area contributed by atoms with Crippen LogP contribution in [0, 0.1) is 34.5 Å². The van der Waals surface area contributed by atoms with Gasteiger partial charge in [0.1, 0.15) is 0 Å². The Morgan fingerprint density at radius 1 is 0.964 bits per heavy atom. The minimum absolute atomic E-state index is 0.0697. The molecule has 4 aliphatic carbocycles. The topological polar surface area (TPSA) is 37.3 Å². The number of carbonyl (C=O) groups excluding carboxylic acids is 1. The summed E-state index contributed by atoms with van der Waals surface area (Å²) in [5.41, 5.74) is 0.328. The summed E-state index contributed by atoms with van der Waals surface area (Å²) in [6.07, 6.45) is 9.14. The van der Waals surface area contributed by atoms with E-state index in [0.717, 1.165) is 37.5 Å². The Hall–Kier alpha value is -0.631. The fourth-order valence-corrected chi connectivity index (χ4v) is 10.5. The van der Waals surface area contributed by atoms with Gasteiger partial charge < -0.3 is 0 Å². The summed E-state index contributed by atoms with van der Waals surface area (Å²) < 4.78 is 1.38. The summed E-state index contributed by atoms with van der Waals surface area (Å²) in [5.74, 6) is 3.39. The summed E-state index contributed by atoms with van der Waals surface area (Å²) in [7, 11) is 0. The number of benzene rings is 1. The first-order valence-electron chi connectivity index (χ1n) is 11.4. The number of fused-ring (bicyclic) bond motifs is 5. The molecule has 2 nitrogen and oxygen atoms in total. The Kier molecular flexibility index (Phi) is 4.81. The molecule has 4 saturated carbocycles. The molecule has 0 amide bonds. The van der Waals surface area contributed by atoms with Crippen molar-refractivity contribution in [2.75, 3.05) is 0 Å². The zero-order valence-electron chi connectivity index (χ0n) is 17.3. The molecule has 0 aromatic heterocycles. The van der Waals surface area contributed by atoms with Gasteiger partial charge in [-0.1, -0.05) is 0 Å². The van der Waals surface area contributed by atoms with E-state index in [1.165, 1.54) is 30.1 Å². The van der Waals surface area contributed by atoms with Gasteiger partial charge in [-0.25, -0.2) is 0 Å². The molecule has 0 aliphatic heterocycles. The van der Waals surface area contributed by atoms with Crippen LogP contribution >= 0.6 is 0 Å². The van der Waals surface area contributed by atoms with Crippen molar-refractivity contribution in [3.05, 3.63) is 30.3 Å². The van der Waals surface area contributed by atoms with Gasteiger partial charge in [0.15, 0.2) is 0 Å². The third-order valence-corrected chi connectivity index (χ3v) is 12.0. The fourth-order valence-electron chi connectivity index (χ4n) is 7.77. The molecular formula is C25H34O2Se. The number of hydrogen-bond donors (Lipinski definition) is 1. The van der Waals surface area contributed by atoms with E-state index in [1.54, 1.807) is 0 Å². The Morgan fingerprint density at radius 3 is 2.54 bits per heavy atom. The maximum absolute atomic E-state index is 13.5. The van der Waals surface area contributed by atoms with Crippen LogP contribution in [0.4, 0.5) is 0 Å². The van der Waals surface area contributed by atoms with Crippen LogP contribution in [-0.4, -0.2) is 32.0 Å². The molecule has 0 radical (unpaired) electrons. The van der Waals surface area contributed by atoms with Crippen LogP contribution in [0.2, 0.25) is 4.82 Å². The molecule has 5 rings (SSSR count). The van der Waals surface area contributed by atoms with E-state index in [1.807, 2.05) is 0 Å². The van der Waals surface area contributed by atoms with Gasteiger partial charge in [0.25, 0.3) is 0 Å². The zero-order chi connectivity index (χ0) is 19.5. The molecule has 2 unspecified atom stereocenters. The number of rotatable bonds is 2. The summed E-state index contributed by atoms with van der Waals surface area (Å²) in [5, 5.41) is 10.2. The normalized spacial score (nSPS) is 47.9. The van der Waals surface area contributed by atoms with Gasteiger partial charge in [0.2, 0.25) is 0 Å². The van der Waals surface area contributed by atoms with Gasteiger partial charge in [-0.2, -0.15) is 0 Å². The molecule has 4 aliphatic rings. The first-order valence-corrected chi connectivity index (χ1v) is 13.2. The summed E-state index contributed by atoms with van der Waals surface area (Å²) in [4.78, 5) is 13.8. The van der Waals surface area contributed by atoms with Gasteiger partial charge in [-0.15, -0.1) is 0 Å². The van der Waals surface area contributed by atoms with Crippen LogP contribution in [0.15, 0.2) is 30.3 Å². The van der Waals surface area contributed by atoms with Crippen molar-refractivity contribution < 1.29 is 9.90 Å². The van der Waals surface area contributed by atoms with Crippen LogP contribution in [0.5, 0.6) is 0 Å². The number of aliphatic hydroxyl groups excluding tert-OH is 1. The van der Waals surface area contributed by atoms with Crippen molar-refractivity contribution in [2.24, 2.45) is 34.5 Å². The fraction of sp³-hybridized carbons (Fsp3) is 0.720. The monoisotopic (exact) mass is 446 g/mol. The Bertz CT molecular complexity index is 748. The molecule has 3 heteroatoms. The van der Waals surface area contributed by atoms with E-state index >= 15 is 0 Å². The summed E-state index contributed by atoms with van der Waals surface area (Å²) >= 11 is 0.268. The molecular weight excluding hydrogens is 411 g/mol. The van der Waals surface area contributed by atoms with Crippen LogP contribution in [0.3, 0.4) is 0 Å². The number of carbonyl (C=O) groups is 1. The zero-order valence-corrected chi connectivity index (χ0v) is 19.0. The second kappa shape index (κ2) is 6.96. The molecule has 1 aromatic rings. The van der Waals surface area contributed by atoms with Crippen molar-refractivity contribution in [2.45, 2.75) is 76.1 Å². The number of Topliss-reactive ketones (excluding diaryl/α,β-unsaturated/α-hetero) is 1. The van der Waals surface area contributed by atoms with Crippen molar-refractivity contribution in [1.82, 2.24) is 0 Å². The van der Waals surface area contributed by atoms with Crippen molar-refractivity contribution >= 4 is 25.2 Å². The third kappa shape index (κ3) is 2.88. The van der Waals surface area contributed by atoms with Gasteiger partial charge in [-0.05, 0) is 0 Å². The molecule has 8 atom stereocenters. The molecule has 28 heavy (non-hydrogen) atoms. The van der Waals surface area contributed by atoms with Crippen molar-refractivity contribution in [1.29, 1.82) is 0 Å². The Balaban J connectivity index is 1.39. The predicted molar refractivity (Wildman–Crippen MR) is 114 cm³/mol. The van der Waals surface area contributed by atoms with Gasteiger partial charge in [-0.3, -0.25) is 0 Å². The van der Waals surface area contributed by atoms with Crippen molar-refractivity contribution in [3.8, 4) is 0 Å². The molecule has 4 fully saturated rings. The average Bonchev–Trinajstić information content (AvgIpc) is 2.94. The van der Waals surface area contributed by atoms with E-state index in [4.69, 9.17) is 0 Å². The van der Waals surface area contributed by atoms with E-state index in [0.29, 0.717) is 23.0 Å². The Labute approximate surface area is 176 Å². The predicted octanol–water partition coefficient (Wildman–Crippen LogP) is 4.39. The number of hydrogen-bond acceptors (Lipinski definition) is 2. The molecule has 152 valence electrons. The van der Waals surface area contributed by atoms with E-state index in [-0.39, 0.29) is 31.3 Å².